The molecular formula is C21H25NO. The number of anilines is 1. The summed E-state index contributed by atoms with van der Waals surface area (Å²) in [5.74, 6) is 0. The zero-order chi connectivity index (χ0) is 15.6. The first kappa shape index (κ1) is 14.8. The summed E-state index contributed by atoms with van der Waals surface area (Å²) >= 11 is 0. The van der Waals surface area contributed by atoms with Gasteiger partial charge < -0.3 is 9.64 Å². The van der Waals surface area contributed by atoms with E-state index in [0.29, 0.717) is 6.04 Å². The molecule has 0 N–H and O–H groups in total. The summed E-state index contributed by atoms with van der Waals surface area (Å²) in [6.07, 6.45) is 4.77. The van der Waals surface area contributed by atoms with Crippen LogP contribution in [-0.2, 0) is 11.2 Å². The number of fused-ring (bicyclic) bond motifs is 5. The summed E-state index contributed by atoms with van der Waals surface area (Å²) in [6.45, 7) is 4.20. The second-order valence-electron chi connectivity index (χ2n) is 6.67. The standard InChI is InChI=1S/C21H25NO/c1-2-3-14-23-21-15-20-17-9-5-4-8-16(17)12-13-22(20)19-11-7-6-10-18(19)21/h4-11,20-21H,2-3,12-15H2,1H3/t20-,21-/m1/s1. The van der Waals surface area contributed by atoms with Crippen LogP contribution in [0.3, 0.4) is 0 Å². The third kappa shape index (κ3) is 2.66. The summed E-state index contributed by atoms with van der Waals surface area (Å²) in [7, 11) is 0. The van der Waals surface area contributed by atoms with Crippen LogP contribution >= 0.6 is 0 Å². The molecule has 0 aliphatic carbocycles. The van der Waals surface area contributed by atoms with Gasteiger partial charge in [0, 0.05) is 30.8 Å². The van der Waals surface area contributed by atoms with Crippen molar-refractivity contribution >= 4 is 5.69 Å². The maximum absolute atomic E-state index is 6.29. The molecule has 0 unspecified atom stereocenters. The molecule has 0 radical (unpaired) electrons. The van der Waals surface area contributed by atoms with E-state index in [1.165, 1.54) is 28.8 Å². The minimum atomic E-state index is 0.227. The molecule has 0 saturated carbocycles. The fourth-order valence-corrected chi connectivity index (χ4v) is 4.07. The third-order valence-corrected chi connectivity index (χ3v) is 5.26. The second-order valence-corrected chi connectivity index (χ2v) is 6.67. The van der Waals surface area contributed by atoms with Crippen LogP contribution in [0, 0.1) is 0 Å². The Morgan fingerprint density at radius 2 is 1.83 bits per heavy atom. The van der Waals surface area contributed by atoms with Crippen LogP contribution < -0.4 is 4.90 Å². The van der Waals surface area contributed by atoms with Crippen molar-refractivity contribution in [1.29, 1.82) is 0 Å². The molecule has 2 heteroatoms. The SMILES string of the molecule is CCCCO[C@@H]1C[C@@H]2c3ccccc3CCN2c2ccccc21. The molecular weight excluding hydrogens is 282 g/mol. The highest BCUT2D eigenvalue weighted by molar-refractivity contribution is 5.60. The quantitative estimate of drug-likeness (QED) is 0.733. The molecule has 0 spiro atoms. The Morgan fingerprint density at radius 3 is 2.70 bits per heavy atom. The Labute approximate surface area is 139 Å². The van der Waals surface area contributed by atoms with E-state index >= 15 is 0 Å². The molecule has 23 heavy (non-hydrogen) atoms. The molecule has 2 aromatic carbocycles. The number of ether oxygens (including phenoxy) is 1. The molecule has 0 bridgehead atoms. The highest BCUT2D eigenvalue weighted by Crippen LogP contribution is 2.47. The Balaban J connectivity index is 1.70. The first-order valence-electron chi connectivity index (χ1n) is 8.93. The molecule has 2 heterocycles. The maximum Gasteiger partial charge on any atom is 0.0867 e. The average Bonchev–Trinajstić information content (AvgIpc) is 2.62. The largest absolute Gasteiger partial charge is 0.373 e. The van der Waals surface area contributed by atoms with Crippen molar-refractivity contribution in [1.82, 2.24) is 0 Å². The molecule has 2 aliphatic rings. The van der Waals surface area contributed by atoms with E-state index in [1.54, 1.807) is 0 Å². The van der Waals surface area contributed by atoms with Gasteiger partial charge in [-0.25, -0.2) is 0 Å². The first-order chi connectivity index (χ1) is 11.4. The lowest BCUT2D eigenvalue weighted by Gasteiger charge is -2.45. The number of nitrogens with zero attached hydrogens (tertiary/aromatic N) is 1. The first-order valence-corrected chi connectivity index (χ1v) is 8.93. The lowest BCUT2D eigenvalue weighted by atomic mass is 9.83. The van der Waals surface area contributed by atoms with Crippen molar-refractivity contribution in [2.45, 2.75) is 44.8 Å². The van der Waals surface area contributed by atoms with Gasteiger partial charge in [0.2, 0.25) is 0 Å². The summed E-state index contributed by atoms with van der Waals surface area (Å²) in [5.41, 5.74) is 5.76. The maximum atomic E-state index is 6.29. The Morgan fingerprint density at radius 1 is 1.04 bits per heavy atom. The van der Waals surface area contributed by atoms with E-state index in [9.17, 15) is 0 Å². The second kappa shape index (κ2) is 6.37. The molecule has 120 valence electrons. The monoisotopic (exact) mass is 307 g/mol. The van der Waals surface area contributed by atoms with Crippen molar-refractivity contribution in [3.8, 4) is 0 Å². The van der Waals surface area contributed by atoms with Crippen molar-refractivity contribution in [3.63, 3.8) is 0 Å². The van der Waals surface area contributed by atoms with Crippen LogP contribution in [0.5, 0.6) is 0 Å². The summed E-state index contributed by atoms with van der Waals surface area (Å²) < 4.78 is 6.29. The van der Waals surface area contributed by atoms with Gasteiger partial charge in [-0.2, -0.15) is 0 Å². The third-order valence-electron chi connectivity index (χ3n) is 5.26. The van der Waals surface area contributed by atoms with Gasteiger partial charge in [-0.05, 0) is 30.0 Å². The Bertz CT molecular complexity index is 681. The molecule has 4 rings (SSSR count). The van der Waals surface area contributed by atoms with E-state index in [4.69, 9.17) is 4.74 Å². The highest BCUT2D eigenvalue weighted by atomic mass is 16.5. The number of unbranched alkanes of at least 4 members (excludes halogenated alkanes) is 1. The minimum absolute atomic E-state index is 0.227. The smallest absolute Gasteiger partial charge is 0.0867 e. The predicted molar refractivity (Wildman–Crippen MR) is 94.9 cm³/mol. The Kier molecular flexibility index (Phi) is 4.09. The fourth-order valence-electron chi connectivity index (χ4n) is 4.07. The van der Waals surface area contributed by atoms with Crippen molar-refractivity contribution in [2.75, 3.05) is 18.1 Å². The van der Waals surface area contributed by atoms with E-state index in [0.717, 1.165) is 32.4 Å². The Hall–Kier alpha value is -1.80. The molecule has 0 fully saturated rings. The van der Waals surface area contributed by atoms with Gasteiger partial charge in [0.1, 0.15) is 0 Å². The van der Waals surface area contributed by atoms with Crippen molar-refractivity contribution < 1.29 is 4.74 Å². The van der Waals surface area contributed by atoms with Gasteiger partial charge in [-0.1, -0.05) is 55.8 Å². The van der Waals surface area contributed by atoms with Crippen LogP contribution in [0.25, 0.3) is 0 Å². The molecule has 0 aromatic heterocycles. The fraction of sp³-hybridized carbons (Fsp3) is 0.429. The molecule has 2 aliphatic heterocycles. The van der Waals surface area contributed by atoms with E-state index in [-0.39, 0.29) is 6.10 Å². The summed E-state index contributed by atoms with van der Waals surface area (Å²) in [4.78, 5) is 2.59. The van der Waals surface area contributed by atoms with Gasteiger partial charge in [0.25, 0.3) is 0 Å². The number of hydrogen-bond acceptors (Lipinski definition) is 2. The summed E-state index contributed by atoms with van der Waals surface area (Å²) in [5, 5.41) is 0. The predicted octanol–water partition coefficient (Wildman–Crippen LogP) is 5.05. The van der Waals surface area contributed by atoms with Crippen LogP contribution in [-0.4, -0.2) is 13.2 Å². The normalized spacial score (nSPS) is 22.2. The van der Waals surface area contributed by atoms with Crippen LogP contribution in [0.2, 0.25) is 0 Å². The molecule has 0 saturated heterocycles. The van der Waals surface area contributed by atoms with Crippen LogP contribution in [0.15, 0.2) is 48.5 Å². The zero-order valence-corrected chi connectivity index (χ0v) is 13.9. The van der Waals surface area contributed by atoms with Crippen molar-refractivity contribution in [2.24, 2.45) is 0 Å². The van der Waals surface area contributed by atoms with E-state index in [1.807, 2.05) is 0 Å². The average molecular weight is 307 g/mol. The minimum Gasteiger partial charge on any atom is -0.373 e. The molecule has 2 nitrogen and oxygen atoms in total. The van der Waals surface area contributed by atoms with Gasteiger partial charge in [0.15, 0.2) is 0 Å². The van der Waals surface area contributed by atoms with Gasteiger partial charge in [0.05, 0.1) is 12.1 Å². The number of benzene rings is 2. The highest BCUT2D eigenvalue weighted by Gasteiger charge is 2.36. The van der Waals surface area contributed by atoms with Gasteiger partial charge in [-0.15, -0.1) is 0 Å². The van der Waals surface area contributed by atoms with E-state index < -0.39 is 0 Å². The lowest BCUT2D eigenvalue weighted by molar-refractivity contribution is 0.0351. The van der Waals surface area contributed by atoms with Gasteiger partial charge >= 0.3 is 0 Å². The molecule has 2 aromatic rings. The lowest BCUT2D eigenvalue weighted by Crippen LogP contribution is -2.40. The molecule has 0 amide bonds. The molecule has 2 atom stereocenters. The topological polar surface area (TPSA) is 12.5 Å². The van der Waals surface area contributed by atoms with Crippen LogP contribution in [0.1, 0.15) is 55.0 Å². The van der Waals surface area contributed by atoms with Gasteiger partial charge in [-0.3, -0.25) is 0 Å². The van der Waals surface area contributed by atoms with Crippen LogP contribution in [0.4, 0.5) is 5.69 Å². The zero-order valence-electron chi connectivity index (χ0n) is 13.9. The summed E-state index contributed by atoms with van der Waals surface area (Å²) in [6, 6.07) is 18.2. The van der Waals surface area contributed by atoms with E-state index in [2.05, 4.69) is 60.4 Å². The number of para-hydroxylation sites is 1. The van der Waals surface area contributed by atoms with Crippen molar-refractivity contribution in [3.05, 3.63) is 65.2 Å². The number of rotatable bonds is 4. The number of hydrogen-bond donors (Lipinski definition) is 0.